The molecule has 1 heterocycles. The van der Waals surface area contributed by atoms with Gasteiger partial charge in [-0.2, -0.15) is 0 Å². The van der Waals surface area contributed by atoms with Crippen LogP contribution < -0.4 is 5.32 Å². The number of nitrogens with one attached hydrogen (secondary N) is 1. The SMILES string of the molecule is CC(=O)C(Cc1ccccc1)NC(=O)CSc1nnc(-c2ccccc2F)n1-c1ccc(C)cc1. The zero-order valence-electron chi connectivity index (χ0n) is 19.4. The van der Waals surface area contributed by atoms with Crippen molar-refractivity contribution in [2.24, 2.45) is 0 Å². The van der Waals surface area contributed by atoms with Crippen molar-refractivity contribution in [3.63, 3.8) is 0 Å². The molecule has 0 bridgehead atoms. The lowest BCUT2D eigenvalue weighted by Gasteiger charge is -2.16. The Morgan fingerprint density at radius 3 is 2.34 bits per heavy atom. The number of aromatic nitrogens is 3. The first kappa shape index (κ1) is 24.3. The number of halogens is 1. The lowest BCUT2D eigenvalue weighted by molar-refractivity contribution is -0.125. The van der Waals surface area contributed by atoms with Crippen molar-refractivity contribution in [3.8, 4) is 17.1 Å². The molecule has 1 amide bonds. The number of rotatable bonds is 9. The highest BCUT2D eigenvalue weighted by atomic mass is 32.2. The van der Waals surface area contributed by atoms with Gasteiger partial charge in [-0.3, -0.25) is 14.2 Å². The summed E-state index contributed by atoms with van der Waals surface area (Å²) in [5, 5.41) is 11.8. The summed E-state index contributed by atoms with van der Waals surface area (Å²) in [6.07, 6.45) is 0.420. The molecule has 0 radical (unpaired) electrons. The Labute approximate surface area is 207 Å². The van der Waals surface area contributed by atoms with E-state index in [0.29, 0.717) is 23.0 Å². The monoisotopic (exact) mass is 488 g/mol. The van der Waals surface area contributed by atoms with Crippen LogP contribution in [-0.2, 0) is 16.0 Å². The molecule has 0 aliphatic carbocycles. The van der Waals surface area contributed by atoms with Crippen LogP contribution >= 0.6 is 11.8 Å². The summed E-state index contributed by atoms with van der Waals surface area (Å²) in [5.74, 6) is -0.443. The van der Waals surface area contributed by atoms with E-state index in [2.05, 4.69) is 15.5 Å². The summed E-state index contributed by atoms with van der Waals surface area (Å²) in [7, 11) is 0. The molecule has 0 saturated carbocycles. The molecule has 0 fully saturated rings. The molecular formula is C27H25FN4O2S. The van der Waals surface area contributed by atoms with Gasteiger partial charge >= 0.3 is 0 Å². The van der Waals surface area contributed by atoms with Crippen LogP contribution in [0.15, 0.2) is 84.0 Å². The standard InChI is InChI=1S/C27H25FN4O2S/c1-18-12-14-21(15-13-18)32-26(22-10-6-7-11-23(22)28)30-31-27(32)35-17-25(34)29-24(19(2)33)16-20-8-4-3-5-9-20/h3-15,24H,16-17H2,1-2H3,(H,29,34). The third-order valence-electron chi connectivity index (χ3n) is 5.48. The van der Waals surface area contributed by atoms with Crippen molar-refractivity contribution >= 4 is 23.5 Å². The molecule has 3 aromatic carbocycles. The second-order valence-electron chi connectivity index (χ2n) is 8.17. The number of carbonyl (C=O) groups excluding carboxylic acids is 2. The number of carbonyl (C=O) groups is 2. The summed E-state index contributed by atoms with van der Waals surface area (Å²) in [4.78, 5) is 24.9. The lowest BCUT2D eigenvalue weighted by Crippen LogP contribution is -2.42. The molecule has 4 aromatic rings. The number of benzene rings is 3. The molecule has 0 spiro atoms. The van der Waals surface area contributed by atoms with Gasteiger partial charge < -0.3 is 5.32 Å². The zero-order chi connectivity index (χ0) is 24.8. The summed E-state index contributed by atoms with van der Waals surface area (Å²) in [6.45, 7) is 3.45. The highest BCUT2D eigenvalue weighted by molar-refractivity contribution is 7.99. The normalized spacial score (nSPS) is 11.7. The van der Waals surface area contributed by atoms with E-state index in [1.54, 1.807) is 22.8 Å². The number of thioether (sulfide) groups is 1. The number of ketones is 1. The van der Waals surface area contributed by atoms with Crippen LogP contribution in [0.5, 0.6) is 0 Å². The summed E-state index contributed by atoms with van der Waals surface area (Å²) < 4.78 is 16.3. The van der Waals surface area contributed by atoms with Gasteiger partial charge in [-0.05, 0) is 50.1 Å². The predicted octanol–water partition coefficient (Wildman–Crippen LogP) is 4.79. The van der Waals surface area contributed by atoms with Crippen LogP contribution in [0.1, 0.15) is 18.1 Å². The molecule has 35 heavy (non-hydrogen) atoms. The molecule has 4 rings (SSSR count). The van der Waals surface area contributed by atoms with Crippen molar-refractivity contribution in [1.29, 1.82) is 0 Å². The second kappa shape index (κ2) is 11.1. The molecular weight excluding hydrogens is 463 g/mol. The van der Waals surface area contributed by atoms with Gasteiger partial charge in [0, 0.05) is 5.69 Å². The van der Waals surface area contributed by atoms with E-state index in [1.807, 2.05) is 61.5 Å². The third-order valence-corrected chi connectivity index (χ3v) is 6.41. The maximum atomic E-state index is 14.6. The maximum Gasteiger partial charge on any atom is 0.231 e. The first-order chi connectivity index (χ1) is 16.9. The second-order valence-corrected chi connectivity index (χ2v) is 9.11. The Bertz CT molecular complexity index is 1320. The minimum absolute atomic E-state index is 0.0276. The van der Waals surface area contributed by atoms with Crippen LogP contribution in [-0.4, -0.2) is 38.2 Å². The number of hydrogen-bond donors (Lipinski definition) is 1. The average molecular weight is 489 g/mol. The minimum atomic E-state index is -0.616. The Balaban J connectivity index is 1.55. The van der Waals surface area contributed by atoms with E-state index in [1.165, 1.54) is 24.8 Å². The van der Waals surface area contributed by atoms with Crippen molar-refractivity contribution < 1.29 is 14.0 Å². The molecule has 178 valence electrons. The number of nitrogens with zero attached hydrogens (tertiary/aromatic N) is 3. The van der Waals surface area contributed by atoms with Crippen molar-refractivity contribution in [1.82, 2.24) is 20.1 Å². The Hall–Kier alpha value is -3.78. The average Bonchev–Trinajstić information content (AvgIpc) is 3.27. The van der Waals surface area contributed by atoms with Gasteiger partial charge in [0.25, 0.3) is 0 Å². The van der Waals surface area contributed by atoms with E-state index in [9.17, 15) is 14.0 Å². The molecule has 1 unspecified atom stereocenters. The van der Waals surface area contributed by atoms with E-state index >= 15 is 0 Å². The van der Waals surface area contributed by atoms with Gasteiger partial charge in [0.05, 0.1) is 17.4 Å². The molecule has 8 heteroatoms. The van der Waals surface area contributed by atoms with Crippen LogP contribution in [0.4, 0.5) is 4.39 Å². The predicted molar refractivity (Wildman–Crippen MR) is 135 cm³/mol. The van der Waals surface area contributed by atoms with Crippen LogP contribution in [0.2, 0.25) is 0 Å². The van der Waals surface area contributed by atoms with Crippen LogP contribution in [0.3, 0.4) is 0 Å². The summed E-state index contributed by atoms with van der Waals surface area (Å²) >= 11 is 1.18. The first-order valence-electron chi connectivity index (χ1n) is 11.2. The van der Waals surface area contributed by atoms with Gasteiger partial charge in [-0.1, -0.05) is 71.9 Å². The fourth-order valence-electron chi connectivity index (χ4n) is 3.62. The summed E-state index contributed by atoms with van der Waals surface area (Å²) in [5.41, 5.74) is 3.12. The third kappa shape index (κ3) is 6.02. The smallest absolute Gasteiger partial charge is 0.231 e. The fourth-order valence-corrected chi connectivity index (χ4v) is 4.38. The fraction of sp³-hybridized carbons (Fsp3) is 0.185. The maximum absolute atomic E-state index is 14.6. The quantitative estimate of drug-likeness (QED) is 0.343. The number of aryl methyl sites for hydroxylation is 1. The minimum Gasteiger partial charge on any atom is -0.345 e. The highest BCUT2D eigenvalue weighted by Crippen LogP contribution is 2.29. The van der Waals surface area contributed by atoms with Crippen molar-refractivity contribution in [2.75, 3.05) is 5.75 Å². The summed E-state index contributed by atoms with van der Waals surface area (Å²) in [6, 6.07) is 23.0. The molecule has 1 aromatic heterocycles. The van der Waals surface area contributed by atoms with Gasteiger partial charge in [0.1, 0.15) is 5.82 Å². The molecule has 0 aliphatic rings. The van der Waals surface area contributed by atoms with E-state index in [-0.39, 0.29) is 17.4 Å². The van der Waals surface area contributed by atoms with Gasteiger partial charge in [-0.25, -0.2) is 4.39 Å². The molecule has 0 aliphatic heterocycles. The van der Waals surface area contributed by atoms with Crippen LogP contribution in [0.25, 0.3) is 17.1 Å². The van der Waals surface area contributed by atoms with Crippen LogP contribution in [0, 0.1) is 12.7 Å². The lowest BCUT2D eigenvalue weighted by atomic mass is 10.0. The van der Waals surface area contributed by atoms with Gasteiger partial charge in [0.15, 0.2) is 16.8 Å². The Morgan fingerprint density at radius 2 is 1.66 bits per heavy atom. The molecule has 6 nitrogen and oxygen atoms in total. The molecule has 0 saturated heterocycles. The van der Waals surface area contributed by atoms with Gasteiger partial charge in [-0.15, -0.1) is 10.2 Å². The number of hydrogen-bond acceptors (Lipinski definition) is 5. The number of Topliss-reactive ketones (excluding diaryl/α,β-unsaturated/α-hetero) is 1. The first-order valence-corrected chi connectivity index (χ1v) is 12.1. The molecule has 1 N–H and O–H groups in total. The van der Waals surface area contributed by atoms with Crippen molar-refractivity contribution in [2.45, 2.75) is 31.5 Å². The highest BCUT2D eigenvalue weighted by Gasteiger charge is 2.21. The largest absolute Gasteiger partial charge is 0.345 e. The zero-order valence-corrected chi connectivity index (χ0v) is 20.3. The van der Waals surface area contributed by atoms with E-state index in [4.69, 9.17) is 0 Å². The topological polar surface area (TPSA) is 76.9 Å². The van der Waals surface area contributed by atoms with Crippen molar-refractivity contribution in [3.05, 3.63) is 95.8 Å². The van der Waals surface area contributed by atoms with Gasteiger partial charge in [0.2, 0.25) is 5.91 Å². The number of amides is 1. The van der Waals surface area contributed by atoms with E-state index in [0.717, 1.165) is 16.8 Å². The Kier molecular flexibility index (Phi) is 7.72. The van der Waals surface area contributed by atoms with E-state index < -0.39 is 11.9 Å². The molecule has 1 atom stereocenters. The Morgan fingerprint density at radius 1 is 0.971 bits per heavy atom.